The Hall–Kier alpha value is -5.15. The van der Waals surface area contributed by atoms with E-state index in [1.807, 2.05) is 83.8 Å². The Balaban J connectivity index is 0.000000201. The Kier molecular flexibility index (Phi) is 11.3. The molecule has 0 radical (unpaired) electrons. The number of carbonyl (C=O) groups is 1. The molecule has 0 saturated heterocycles. The zero-order valence-electron chi connectivity index (χ0n) is 25.0. The number of ether oxygens (including phenoxy) is 3. The first-order chi connectivity index (χ1) is 21.6. The third-order valence-corrected chi connectivity index (χ3v) is 7.65. The first-order valence-electron chi connectivity index (χ1n) is 14.3. The van der Waals surface area contributed by atoms with Gasteiger partial charge in [0.05, 0.1) is 50.9 Å². The van der Waals surface area contributed by atoms with Gasteiger partial charge < -0.3 is 28.5 Å². The summed E-state index contributed by atoms with van der Waals surface area (Å²) in [6.07, 6.45) is 12.0. The van der Waals surface area contributed by atoms with Crippen molar-refractivity contribution < 1.29 is 24.1 Å². The molecule has 2 unspecified atom stereocenters. The van der Waals surface area contributed by atoms with Crippen molar-refractivity contribution in [2.24, 2.45) is 0 Å². The van der Waals surface area contributed by atoms with Crippen LogP contribution in [0.2, 0.25) is 0 Å². The number of para-hydroxylation sites is 2. The van der Waals surface area contributed by atoms with E-state index in [2.05, 4.69) is 26.7 Å². The number of rotatable bonds is 10. The Morgan fingerprint density at radius 3 is 1.69 bits per heavy atom. The molecule has 0 amide bonds. The van der Waals surface area contributed by atoms with Crippen LogP contribution in [-0.2, 0) is 9.53 Å². The maximum atomic E-state index is 11.9. The molecule has 4 heterocycles. The minimum atomic E-state index is -0.268. The molecule has 0 saturated carbocycles. The lowest BCUT2D eigenvalue weighted by atomic mass is 10.1. The summed E-state index contributed by atoms with van der Waals surface area (Å²) in [5.41, 5.74) is 4.02. The number of aliphatic hydroxyl groups excluding tert-OH is 1. The van der Waals surface area contributed by atoms with Crippen molar-refractivity contribution >= 4 is 27.8 Å². The molecular formula is C36H40N4O5. The first-order valence-corrected chi connectivity index (χ1v) is 14.3. The van der Waals surface area contributed by atoms with Crippen molar-refractivity contribution in [3.8, 4) is 11.5 Å². The largest absolute Gasteiger partial charge is 0.495 e. The number of carbonyl (C=O) groups excluding carboxylic acids is 1. The summed E-state index contributed by atoms with van der Waals surface area (Å²) < 4.78 is 20.0. The summed E-state index contributed by atoms with van der Waals surface area (Å²) in [7, 11) is 4.72. The van der Waals surface area contributed by atoms with Gasteiger partial charge in [0.15, 0.2) is 0 Å². The number of esters is 1. The molecule has 0 aliphatic carbocycles. The highest BCUT2D eigenvalue weighted by Gasteiger charge is 2.22. The second-order valence-electron chi connectivity index (χ2n) is 10.1. The van der Waals surface area contributed by atoms with Crippen LogP contribution < -0.4 is 9.47 Å². The quantitative estimate of drug-likeness (QED) is 0.170. The monoisotopic (exact) mass is 608 g/mol. The Morgan fingerprint density at radius 1 is 0.733 bits per heavy atom. The zero-order chi connectivity index (χ0) is 30.9. The van der Waals surface area contributed by atoms with E-state index in [0.29, 0.717) is 6.42 Å². The molecule has 6 rings (SSSR count). The lowest BCUT2D eigenvalue weighted by molar-refractivity contribution is -0.141. The lowest BCUT2D eigenvalue weighted by Crippen LogP contribution is -2.16. The van der Waals surface area contributed by atoms with E-state index < -0.39 is 0 Å². The van der Waals surface area contributed by atoms with Gasteiger partial charge in [-0.15, -0.1) is 0 Å². The van der Waals surface area contributed by atoms with Gasteiger partial charge in [-0.2, -0.15) is 0 Å². The number of fused-ring (bicyclic) bond motifs is 2. The van der Waals surface area contributed by atoms with E-state index in [1.54, 1.807) is 32.8 Å². The predicted molar refractivity (Wildman–Crippen MR) is 177 cm³/mol. The van der Waals surface area contributed by atoms with Crippen molar-refractivity contribution in [2.45, 2.75) is 32.4 Å². The molecular weight excluding hydrogens is 568 g/mol. The van der Waals surface area contributed by atoms with E-state index in [4.69, 9.17) is 14.2 Å². The van der Waals surface area contributed by atoms with E-state index in [0.717, 1.165) is 44.4 Å². The maximum Gasteiger partial charge on any atom is 0.307 e. The number of pyridine rings is 2. The zero-order valence-corrected chi connectivity index (χ0v) is 25.0. The van der Waals surface area contributed by atoms with Crippen LogP contribution >= 0.6 is 0 Å². The number of aliphatic hydroxyl groups is 1. The van der Waals surface area contributed by atoms with Crippen LogP contribution in [0, 0.1) is 0 Å². The standard InChI is InChI=1S/C18H18N2O3.C17H18N2O2.CH4/c1-22-16-7-3-5-13-8-10-20(18(13)16)15(11-17(21)23-2)14-6-4-9-19-12-14;1-21-16-6-2-4-13-7-10-19(17(13)16)15(8-11-20)14-5-3-9-18-12-14;/h3-10,12,15H,11H2,1-2H3;2-7,9-10,12,15,20H,8,11H2,1H3;1H4. The normalized spacial score (nSPS) is 12.0. The first kappa shape index (κ1) is 32.8. The number of hydrogen-bond donors (Lipinski definition) is 1. The van der Waals surface area contributed by atoms with Gasteiger partial charge in [0.2, 0.25) is 0 Å². The molecule has 0 aliphatic rings. The molecule has 2 aromatic carbocycles. The van der Waals surface area contributed by atoms with Gasteiger partial charge in [-0.25, -0.2) is 0 Å². The molecule has 0 aliphatic heterocycles. The predicted octanol–water partition coefficient (Wildman–Crippen LogP) is 6.85. The molecule has 4 aromatic heterocycles. The summed E-state index contributed by atoms with van der Waals surface area (Å²) in [4.78, 5) is 20.3. The molecule has 1 N–H and O–H groups in total. The fourth-order valence-electron chi connectivity index (χ4n) is 5.57. The van der Waals surface area contributed by atoms with Crippen LogP contribution in [0.4, 0.5) is 0 Å². The van der Waals surface area contributed by atoms with Gasteiger partial charge in [0.25, 0.3) is 0 Å². The van der Waals surface area contributed by atoms with Crippen molar-refractivity contribution in [3.05, 3.63) is 121 Å². The highest BCUT2D eigenvalue weighted by Crippen LogP contribution is 2.34. The van der Waals surface area contributed by atoms with Crippen LogP contribution in [0.1, 0.15) is 43.5 Å². The van der Waals surface area contributed by atoms with Crippen LogP contribution in [-0.4, -0.2) is 58.1 Å². The van der Waals surface area contributed by atoms with Crippen molar-refractivity contribution in [3.63, 3.8) is 0 Å². The van der Waals surface area contributed by atoms with E-state index >= 15 is 0 Å². The smallest absolute Gasteiger partial charge is 0.307 e. The average molecular weight is 609 g/mol. The van der Waals surface area contributed by atoms with Crippen molar-refractivity contribution in [2.75, 3.05) is 27.9 Å². The van der Waals surface area contributed by atoms with Crippen LogP contribution in [0.3, 0.4) is 0 Å². The molecule has 234 valence electrons. The topological polar surface area (TPSA) is 101 Å². The van der Waals surface area contributed by atoms with Gasteiger partial charge in [-0.05, 0) is 53.9 Å². The molecule has 6 aromatic rings. The molecule has 9 nitrogen and oxygen atoms in total. The number of nitrogens with zero attached hydrogens (tertiary/aromatic N) is 4. The summed E-state index contributed by atoms with van der Waals surface area (Å²) in [5.74, 6) is 1.34. The second kappa shape index (κ2) is 15.5. The highest BCUT2D eigenvalue weighted by atomic mass is 16.5. The second-order valence-corrected chi connectivity index (χ2v) is 10.1. The summed E-state index contributed by atoms with van der Waals surface area (Å²) in [5, 5.41) is 11.6. The van der Waals surface area contributed by atoms with Crippen molar-refractivity contribution in [1.29, 1.82) is 0 Å². The molecule has 0 bridgehead atoms. The summed E-state index contributed by atoms with van der Waals surface area (Å²) in [6.45, 7) is 0.119. The van der Waals surface area contributed by atoms with Gasteiger partial charge in [-0.3, -0.25) is 14.8 Å². The number of benzene rings is 2. The van der Waals surface area contributed by atoms with E-state index in [1.165, 1.54) is 7.11 Å². The van der Waals surface area contributed by atoms with Gasteiger partial charge in [0.1, 0.15) is 11.5 Å². The summed E-state index contributed by atoms with van der Waals surface area (Å²) >= 11 is 0. The third kappa shape index (κ3) is 7.16. The summed E-state index contributed by atoms with van der Waals surface area (Å²) in [6, 6.07) is 23.6. The SMILES string of the molecule is C.COC(=O)CC(c1cccnc1)n1ccc2cccc(OC)c21.COc1cccc2ccn(C(CCO)c3cccnc3)c12. The van der Waals surface area contributed by atoms with Crippen molar-refractivity contribution in [1.82, 2.24) is 19.1 Å². The maximum absolute atomic E-state index is 11.9. The fourth-order valence-corrected chi connectivity index (χ4v) is 5.57. The number of hydrogen-bond acceptors (Lipinski definition) is 7. The van der Waals surface area contributed by atoms with Crippen LogP contribution in [0.5, 0.6) is 11.5 Å². The fraction of sp³-hybridized carbons (Fsp3) is 0.250. The molecule has 0 fully saturated rings. The molecule has 9 heteroatoms. The Labute approximate surface area is 263 Å². The van der Waals surface area contributed by atoms with Gasteiger partial charge in [0, 0.05) is 54.6 Å². The minimum absolute atomic E-state index is 0. The molecule has 2 atom stereocenters. The van der Waals surface area contributed by atoms with Gasteiger partial charge in [-0.1, -0.05) is 43.8 Å². The molecule has 0 spiro atoms. The highest BCUT2D eigenvalue weighted by molar-refractivity contribution is 5.87. The number of methoxy groups -OCH3 is 3. The lowest BCUT2D eigenvalue weighted by Gasteiger charge is -2.20. The van der Waals surface area contributed by atoms with Crippen LogP contribution in [0.25, 0.3) is 21.8 Å². The van der Waals surface area contributed by atoms with E-state index in [-0.39, 0.29) is 38.5 Å². The minimum Gasteiger partial charge on any atom is -0.495 e. The average Bonchev–Trinajstić information content (AvgIpc) is 3.72. The van der Waals surface area contributed by atoms with Gasteiger partial charge >= 0.3 is 5.97 Å². The molecule has 45 heavy (non-hydrogen) atoms. The van der Waals surface area contributed by atoms with Crippen LogP contribution in [0.15, 0.2) is 110 Å². The Morgan fingerprint density at radius 2 is 1.24 bits per heavy atom. The van der Waals surface area contributed by atoms with E-state index in [9.17, 15) is 9.90 Å². The number of aromatic nitrogens is 4. The Bertz CT molecular complexity index is 1800. The third-order valence-electron chi connectivity index (χ3n) is 7.65.